The molecule has 5 heteroatoms. The minimum Gasteiger partial charge on any atom is -0.481 e. The fraction of sp³-hybridized carbons (Fsp3) is 0.429. The number of nitrogens with one attached hydrogen (secondary N) is 1. The molecule has 5 nitrogen and oxygen atoms in total. The third kappa shape index (κ3) is 6.57. The summed E-state index contributed by atoms with van der Waals surface area (Å²) in [4.78, 5) is 22.0. The van der Waals surface area contributed by atoms with E-state index in [4.69, 9.17) is 9.84 Å². The summed E-state index contributed by atoms with van der Waals surface area (Å²) in [5.74, 6) is -1.04. The first kappa shape index (κ1) is 15.2. The molecular formula is C14H19NO4. The summed E-state index contributed by atoms with van der Waals surface area (Å²) in [5, 5.41) is 11.3. The van der Waals surface area contributed by atoms with Crippen molar-refractivity contribution in [2.24, 2.45) is 0 Å². The number of amides is 1. The summed E-state index contributed by atoms with van der Waals surface area (Å²) in [7, 11) is 0. The second-order valence-electron chi connectivity index (χ2n) is 4.19. The Morgan fingerprint density at radius 1 is 1.37 bits per heavy atom. The number of hydrogen-bond acceptors (Lipinski definition) is 3. The molecule has 0 fully saturated rings. The number of anilines is 1. The number of aliphatic carboxylic acids is 1. The number of hydrogen-bond donors (Lipinski definition) is 2. The number of carbonyl (C=O) groups is 2. The molecule has 1 aromatic rings. The maximum absolute atomic E-state index is 11.5. The van der Waals surface area contributed by atoms with Gasteiger partial charge in [0.25, 0.3) is 0 Å². The van der Waals surface area contributed by atoms with E-state index >= 15 is 0 Å². The van der Waals surface area contributed by atoms with Crippen LogP contribution in [-0.4, -0.2) is 30.2 Å². The lowest BCUT2D eigenvalue weighted by atomic mass is 10.1. The molecule has 0 bridgehead atoms. The molecule has 104 valence electrons. The predicted molar refractivity (Wildman–Crippen MR) is 72.1 cm³/mol. The molecule has 0 spiro atoms. The van der Waals surface area contributed by atoms with Crippen LogP contribution in [0.2, 0.25) is 0 Å². The lowest BCUT2D eigenvalue weighted by Gasteiger charge is -2.07. The van der Waals surface area contributed by atoms with Gasteiger partial charge in [0.2, 0.25) is 5.91 Å². The summed E-state index contributed by atoms with van der Waals surface area (Å²) in [6.45, 7) is 2.57. The van der Waals surface area contributed by atoms with E-state index in [1.54, 1.807) is 18.2 Å². The second kappa shape index (κ2) is 8.26. The largest absolute Gasteiger partial charge is 0.481 e. The highest BCUT2D eigenvalue weighted by atomic mass is 16.5. The van der Waals surface area contributed by atoms with Gasteiger partial charge in [-0.25, -0.2) is 0 Å². The van der Waals surface area contributed by atoms with Gasteiger partial charge in [0, 0.05) is 18.7 Å². The number of benzene rings is 1. The average molecular weight is 265 g/mol. The molecule has 0 aromatic heterocycles. The molecule has 2 N–H and O–H groups in total. The average Bonchev–Trinajstić information content (AvgIpc) is 2.37. The van der Waals surface area contributed by atoms with Crippen molar-refractivity contribution in [3.63, 3.8) is 0 Å². The third-order valence-corrected chi connectivity index (χ3v) is 2.42. The van der Waals surface area contributed by atoms with Gasteiger partial charge in [-0.05, 0) is 30.5 Å². The van der Waals surface area contributed by atoms with Gasteiger partial charge < -0.3 is 15.2 Å². The molecule has 0 radical (unpaired) electrons. The summed E-state index contributed by atoms with van der Waals surface area (Å²) in [5.41, 5.74) is 1.54. The lowest BCUT2D eigenvalue weighted by molar-refractivity contribution is -0.137. The van der Waals surface area contributed by atoms with Crippen molar-refractivity contribution in [2.45, 2.75) is 26.2 Å². The first-order valence-corrected chi connectivity index (χ1v) is 6.30. The van der Waals surface area contributed by atoms with Crippen LogP contribution in [0.1, 0.15) is 25.3 Å². The molecule has 0 heterocycles. The van der Waals surface area contributed by atoms with Crippen molar-refractivity contribution in [1.82, 2.24) is 0 Å². The molecule has 0 saturated carbocycles. The minimum atomic E-state index is -0.831. The van der Waals surface area contributed by atoms with E-state index < -0.39 is 5.97 Å². The molecular weight excluding hydrogens is 246 g/mol. The molecule has 1 aromatic carbocycles. The molecule has 19 heavy (non-hydrogen) atoms. The molecule has 1 rings (SSSR count). The highest BCUT2D eigenvalue weighted by Gasteiger charge is 2.04. The van der Waals surface area contributed by atoms with Gasteiger partial charge in [0.05, 0.1) is 0 Å². The van der Waals surface area contributed by atoms with Crippen LogP contribution in [0.4, 0.5) is 5.69 Å². The van der Waals surface area contributed by atoms with E-state index in [9.17, 15) is 9.59 Å². The second-order valence-corrected chi connectivity index (χ2v) is 4.19. The van der Waals surface area contributed by atoms with Crippen LogP contribution >= 0.6 is 0 Å². The first-order valence-electron chi connectivity index (χ1n) is 6.30. The van der Waals surface area contributed by atoms with E-state index in [2.05, 4.69) is 5.32 Å². The first-order chi connectivity index (χ1) is 9.11. The van der Waals surface area contributed by atoms with Crippen LogP contribution in [0.3, 0.4) is 0 Å². The SMILES string of the molecule is CCCOCC(=O)Nc1cccc(CCC(=O)O)c1. The molecule has 0 saturated heterocycles. The number of carboxylic acid groups (broad SMARTS) is 1. The Labute approximate surface area is 112 Å². The van der Waals surface area contributed by atoms with Crippen LogP contribution in [0.15, 0.2) is 24.3 Å². The fourth-order valence-electron chi connectivity index (χ4n) is 1.56. The Morgan fingerprint density at radius 3 is 2.84 bits per heavy atom. The normalized spacial score (nSPS) is 10.2. The van der Waals surface area contributed by atoms with Crippen LogP contribution < -0.4 is 5.32 Å². The lowest BCUT2D eigenvalue weighted by Crippen LogP contribution is -2.18. The van der Waals surface area contributed by atoms with Gasteiger partial charge in [0.15, 0.2) is 0 Å². The Kier molecular flexibility index (Phi) is 6.60. The highest BCUT2D eigenvalue weighted by molar-refractivity contribution is 5.91. The van der Waals surface area contributed by atoms with Gasteiger partial charge >= 0.3 is 5.97 Å². The van der Waals surface area contributed by atoms with Gasteiger partial charge in [-0.3, -0.25) is 9.59 Å². The molecule has 0 unspecified atom stereocenters. The quantitative estimate of drug-likeness (QED) is 0.705. The summed E-state index contributed by atoms with van der Waals surface area (Å²) < 4.78 is 5.14. The Balaban J connectivity index is 2.47. The van der Waals surface area contributed by atoms with Gasteiger partial charge in [-0.1, -0.05) is 19.1 Å². The van der Waals surface area contributed by atoms with Gasteiger partial charge in [-0.2, -0.15) is 0 Å². The van der Waals surface area contributed by atoms with Crippen molar-refractivity contribution in [3.8, 4) is 0 Å². The smallest absolute Gasteiger partial charge is 0.303 e. The number of carboxylic acids is 1. The minimum absolute atomic E-state index is 0.0349. The number of rotatable bonds is 8. The molecule has 0 aliphatic heterocycles. The van der Waals surface area contributed by atoms with E-state index in [0.29, 0.717) is 18.7 Å². The van der Waals surface area contributed by atoms with E-state index in [1.807, 2.05) is 13.0 Å². The standard InChI is InChI=1S/C14H19NO4/c1-2-8-19-10-13(16)15-12-5-3-4-11(9-12)6-7-14(17)18/h3-5,9H,2,6-8,10H2,1H3,(H,15,16)(H,17,18). The Morgan fingerprint density at radius 2 is 2.16 bits per heavy atom. The fourth-order valence-corrected chi connectivity index (χ4v) is 1.56. The zero-order valence-corrected chi connectivity index (χ0v) is 11.0. The maximum atomic E-state index is 11.5. The molecule has 0 aliphatic rings. The van der Waals surface area contributed by atoms with E-state index in [-0.39, 0.29) is 18.9 Å². The highest BCUT2D eigenvalue weighted by Crippen LogP contribution is 2.12. The monoisotopic (exact) mass is 265 g/mol. The predicted octanol–water partition coefficient (Wildman–Crippen LogP) is 2.07. The van der Waals surface area contributed by atoms with Crippen molar-refractivity contribution in [1.29, 1.82) is 0 Å². The van der Waals surface area contributed by atoms with Crippen LogP contribution in [-0.2, 0) is 20.7 Å². The number of ether oxygens (including phenoxy) is 1. The van der Waals surface area contributed by atoms with Crippen LogP contribution in [0, 0.1) is 0 Å². The van der Waals surface area contributed by atoms with Crippen molar-refractivity contribution in [3.05, 3.63) is 29.8 Å². The van der Waals surface area contributed by atoms with Gasteiger partial charge in [-0.15, -0.1) is 0 Å². The van der Waals surface area contributed by atoms with Crippen molar-refractivity contribution >= 4 is 17.6 Å². The zero-order valence-electron chi connectivity index (χ0n) is 11.0. The Hall–Kier alpha value is -1.88. The molecule has 0 aliphatic carbocycles. The van der Waals surface area contributed by atoms with Gasteiger partial charge in [0.1, 0.15) is 6.61 Å². The van der Waals surface area contributed by atoms with Crippen molar-refractivity contribution < 1.29 is 19.4 Å². The summed E-state index contributed by atoms with van der Waals surface area (Å²) in [6.07, 6.45) is 1.40. The third-order valence-electron chi connectivity index (χ3n) is 2.42. The maximum Gasteiger partial charge on any atom is 0.303 e. The van der Waals surface area contributed by atoms with Crippen LogP contribution in [0.5, 0.6) is 0 Å². The topological polar surface area (TPSA) is 75.6 Å². The summed E-state index contributed by atoms with van der Waals surface area (Å²) in [6, 6.07) is 7.18. The number of carbonyl (C=O) groups excluding carboxylic acids is 1. The van der Waals surface area contributed by atoms with E-state index in [0.717, 1.165) is 12.0 Å². The van der Waals surface area contributed by atoms with Crippen molar-refractivity contribution in [2.75, 3.05) is 18.5 Å². The van der Waals surface area contributed by atoms with E-state index in [1.165, 1.54) is 0 Å². The molecule has 0 atom stereocenters. The Bertz CT molecular complexity index is 431. The zero-order chi connectivity index (χ0) is 14.1. The summed E-state index contributed by atoms with van der Waals surface area (Å²) >= 11 is 0. The number of aryl methyl sites for hydroxylation is 1. The van der Waals surface area contributed by atoms with Crippen LogP contribution in [0.25, 0.3) is 0 Å². The molecule has 1 amide bonds.